The van der Waals surface area contributed by atoms with Crippen molar-refractivity contribution in [2.24, 2.45) is 0 Å². The molecule has 4 atom stereocenters. The van der Waals surface area contributed by atoms with Crippen molar-refractivity contribution >= 4 is 57.5 Å². The maximum absolute atomic E-state index is 9.98. The Labute approximate surface area is 445 Å². The van der Waals surface area contributed by atoms with Gasteiger partial charge in [0, 0.05) is 61.5 Å². The summed E-state index contributed by atoms with van der Waals surface area (Å²) in [7, 11) is 0. The lowest BCUT2D eigenvalue weighted by molar-refractivity contribution is 0.194. The molecule has 2 fully saturated rings. The number of para-hydroxylation sites is 1. The second-order valence-electron chi connectivity index (χ2n) is 28.1. The third-order valence-electron chi connectivity index (χ3n) is 20.7. The lowest BCUT2D eigenvalue weighted by Crippen LogP contribution is -2.62. The van der Waals surface area contributed by atoms with Gasteiger partial charge in [-0.05, 0) is 142 Å². The van der Waals surface area contributed by atoms with E-state index >= 15 is 0 Å². The van der Waals surface area contributed by atoms with Crippen molar-refractivity contribution in [3.8, 4) is 11.1 Å². The SMILES string of the molecule is [2H]c1c([2H])c([2H])c2c(c1[2H])N(c1cc3c4c(c1)N1c5c(cc(C(C)(C)C)cc5C5(C)CCCCC15C)B4C1=C(c4cc(C(C)(C)C)ccc4C1(C)C)N3c1ccc(C(C)(C)C)cc1-c1ccccc1)C1(C)CCCCC21C. The summed E-state index contributed by atoms with van der Waals surface area (Å²) >= 11 is 0. The van der Waals surface area contributed by atoms with Crippen LogP contribution < -0.4 is 25.6 Å². The zero-order valence-corrected chi connectivity index (χ0v) is 46.7. The Morgan fingerprint density at radius 3 is 1.74 bits per heavy atom. The smallest absolute Gasteiger partial charge is 0.248 e. The normalized spacial score (nSPS) is 27.1. The van der Waals surface area contributed by atoms with Crippen LogP contribution in [-0.4, -0.2) is 17.8 Å². The topological polar surface area (TPSA) is 9.72 Å². The van der Waals surface area contributed by atoms with Crippen LogP contribution >= 0.6 is 0 Å². The summed E-state index contributed by atoms with van der Waals surface area (Å²) in [5, 5.41) is 0. The van der Waals surface area contributed by atoms with Gasteiger partial charge in [-0.25, -0.2) is 0 Å². The minimum Gasteiger partial charge on any atom is -0.335 e. The van der Waals surface area contributed by atoms with Crippen LogP contribution in [0.15, 0.2) is 121 Å². The summed E-state index contributed by atoms with van der Waals surface area (Å²) in [4.78, 5) is 8.02. The van der Waals surface area contributed by atoms with E-state index in [-0.39, 0.29) is 63.5 Å². The largest absolute Gasteiger partial charge is 0.335 e. The molecule has 73 heavy (non-hydrogen) atoms. The quantitative estimate of drug-likeness (QED) is 0.164. The highest BCUT2D eigenvalue weighted by molar-refractivity contribution is 6.96. The van der Waals surface area contributed by atoms with Crippen LogP contribution in [0.5, 0.6) is 0 Å². The molecule has 0 spiro atoms. The van der Waals surface area contributed by atoms with Crippen LogP contribution in [0.3, 0.4) is 0 Å². The van der Waals surface area contributed by atoms with E-state index < -0.39 is 11.0 Å². The minimum atomic E-state index is -0.537. The summed E-state index contributed by atoms with van der Waals surface area (Å²) < 4.78 is 38.2. The first-order valence-electron chi connectivity index (χ1n) is 30.0. The summed E-state index contributed by atoms with van der Waals surface area (Å²) in [6.45, 7) is 36.0. The molecule has 6 aromatic carbocycles. The monoisotopic (exact) mass is 966 g/mol. The zero-order valence-electron chi connectivity index (χ0n) is 50.7. The molecule has 13 rings (SSSR count). The van der Waals surface area contributed by atoms with E-state index in [9.17, 15) is 4.11 Å². The standard InChI is InChI=1S/C69H80BN3/c1-62(2,3)44-29-31-50-49(38-44)59-61(65(50,10)11)70-53-40-46(64(7,8)9)39-52-60(53)73(69(15)36-24-22-34-67(52,69)13)57-42-47(72-55-28-20-19-27-51(55)66(12)33-21-23-35-68(66,72)14)41-56(58(57)70)71(59)54-32-30-45(63(4,5)6)37-48(54)43-25-17-16-18-26-43/h16-20,25-32,37-42H,21-24,33-36H2,1-15H3/i19D,20D,27D,28D. The molecule has 374 valence electrons. The van der Waals surface area contributed by atoms with Gasteiger partial charge in [0.05, 0.1) is 22.2 Å². The number of fused-ring (bicyclic) bond motifs is 11. The van der Waals surface area contributed by atoms with Crippen LogP contribution in [0, 0.1) is 0 Å². The molecule has 2 saturated carbocycles. The maximum Gasteiger partial charge on any atom is 0.248 e. The Hall–Kier alpha value is -5.48. The summed E-state index contributed by atoms with van der Waals surface area (Å²) in [5.41, 5.74) is 21.3. The number of hydrogen-bond donors (Lipinski definition) is 0. The molecule has 6 aromatic rings. The lowest BCUT2D eigenvalue weighted by Gasteiger charge is -2.54. The van der Waals surface area contributed by atoms with Crippen molar-refractivity contribution in [1.29, 1.82) is 0 Å². The molecule has 0 saturated heterocycles. The van der Waals surface area contributed by atoms with Gasteiger partial charge in [-0.3, -0.25) is 0 Å². The predicted octanol–water partition coefficient (Wildman–Crippen LogP) is 17.0. The van der Waals surface area contributed by atoms with Crippen molar-refractivity contribution in [2.45, 2.75) is 199 Å². The summed E-state index contributed by atoms with van der Waals surface area (Å²) in [6, 6.07) is 35.9. The van der Waals surface area contributed by atoms with Crippen LogP contribution in [0.2, 0.25) is 0 Å². The summed E-state index contributed by atoms with van der Waals surface area (Å²) in [6.07, 6.45) is 8.32. The minimum absolute atomic E-state index is 0.0598. The van der Waals surface area contributed by atoms with E-state index in [1.165, 1.54) is 84.4 Å². The first-order valence-corrected chi connectivity index (χ1v) is 28.0. The highest BCUT2D eigenvalue weighted by Gasteiger charge is 2.64. The first-order chi connectivity index (χ1) is 36.0. The zero-order chi connectivity index (χ0) is 54.9. The lowest BCUT2D eigenvalue weighted by atomic mass is 9.30. The molecule has 0 aromatic heterocycles. The number of allylic oxidation sites excluding steroid dienone is 1. The molecule has 0 radical (unpaired) electrons. The molecule has 0 N–H and O–H groups in total. The Balaban J connectivity index is 1.24. The van der Waals surface area contributed by atoms with Crippen molar-refractivity contribution in [1.82, 2.24) is 0 Å². The van der Waals surface area contributed by atoms with E-state index in [1.807, 2.05) is 0 Å². The highest BCUT2D eigenvalue weighted by atomic mass is 15.3. The Kier molecular flexibility index (Phi) is 8.73. The molecule has 3 aliphatic carbocycles. The fraction of sp³-hybridized carbons (Fsp3) is 0.449. The Morgan fingerprint density at radius 1 is 0.507 bits per heavy atom. The van der Waals surface area contributed by atoms with Gasteiger partial charge in [-0.15, -0.1) is 0 Å². The molecule has 3 nitrogen and oxygen atoms in total. The molecule has 4 heteroatoms. The average Bonchev–Trinajstić information content (AvgIpc) is 4.05. The molecule has 4 aliphatic heterocycles. The summed E-state index contributed by atoms with van der Waals surface area (Å²) in [5.74, 6) is 0. The third kappa shape index (κ3) is 6.07. The van der Waals surface area contributed by atoms with Crippen molar-refractivity contribution in [3.05, 3.63) is 160 Å². The third-order valence-corrected chi connectivity index (χ3v) is 20.7. The number of hydrogen-bond acceptors (Lipinski definition) is 3. The van der Waals surface area contributed by atoms with E-state index in [1.54, 1.807) is 0 Å². The van der Waals surface area contributed by atoms with Crippen molar-refractivity contribution < 1.29 is 5.48 Å². The van der Waals surface area contributed by atoms with E-state index in [0.717, 1.165) is 67.6 Å². The average molecular weight is 966 g/mol. The van der Waals surface area contributed by atoms with Crippen LogP contribution in [0.1, 0.15) is 200 Å². The number of anilines is 6. The highest BCUT2D eigenvalue weighted by Crippen LogP contribution is 2.67. The van der Waals surface area contributed by atoms with E-state index in [0.29, 0.717) is 5.69 Å². The number of benzene rings is 6. The molecule has 0 bridgehead atoms. The Morgan fingerprint density at radius 2 is 1.08 bits per heavy atom. The fourth-order valence-electron chi connectivity index (χ4n) is 16.0. The van der Waals surface area contributed by atoms with Gasteiger partial charge in [0.15, 0.2) is 0 Å². The van der Waals surface area contributed by atoms with E-state index in [2.05, 4.69) is 210 Å². The number of rotatable bonds is 3. The van der Waals surface area contributed by atoms with Gasteiger partial charge >= 0.3 is 0 Å². The van der Waals surface area contributed by atoms with Gasteiger partial charge in [0.2, 0.25) is 6.71 Å². The van der Waals surface area contributed by atoms with Gasteiger partial charge in [-0.2, -0.15) is 0 Å². The molecule has 4 unspecified atom stereocenters. The molecule has 0 amide bonds. The van der Waals surface area contributed by atoms with Crippen molar-refractivity contribution in [2.75, 3.05) is 14.7 Å². The molecular weight excluding hydrogens is 882 g/mol. The molecule has 4 heterocycles. The van der Waals surface area contributed by atoms with Crippen LogP contribution in [0.25, 0.3) is 16.8 Å². The second-order valence-corrected chi connectivity index (χ2v) is 28.1. The van der Waals surface area contributed by atoms with Crippen LogP contribution in [-0.2, 0) is 32.5 Å². The second kappa shape index (κ2) is 14.9. The van der Waals surface area contributed by atoms with E-state index in [4.69, 9.17) is 1.37 Å². The maximum atomic E-state index is 9.98. The van der Waals surface area contributed by atoms with Gasteiger partial charge in [-0.1, -0.05) is 200 Å². The predicted molar refractivity (Wildman–Crippen MR) is 314 cm³/mol. The molecular formula is C69H80BN3. The van der Waals surface area contributed by atoms with Gasteiger partial charge in [0.25, 0.3) is 0 Å². The van der Waals surface area contributed by atoms with Crippen LogP contribution in [0.4, 0.5) is 34.1 Å². The molecule has 7 aliphatic rings. The number of nitrogens with zero attached hydrogens (tertiary/aromatic N) is 3. The fourth-order valence-corrected chi connectivity index (χ4v) is 16.0. The van der Waals surface area contributed by atoms with Gasteiger partial charge in [0.1, 0.15) is 0 Å². The van der Waals surface area contributed by atoms with Crippen molar-refractivity contribution in [3.63, 3.8) is 0 Å². The first kappa shape index (κ1) is 42.8. The Bertz CT molecular complexity index is 3610. The van der Waals surface area contributed by atoms with Gasteiger partial charge < -0.3 is 14.7 Å².